The smallest absolute Gasteiger partial charge is 0.134 e. The summed E-state index contributed by atoms with van der Waals surface area (Å²) in [5.41, 5.74) is 0. The Morgan fingerprint density at radius 3 is 2.89 bits per heavy atom. The maximum absolute atomic E-state index is 12.2. The van der Waals surface area contributed by atoms with Crippen LogP contribution in [0, 0.1) is 5.82 Å². The van der Waals surface area contributed by atoms with Crippen molar-refractivity contribution in [2.45, 2.75) is 6.42 Å². The van der Waals surface area contributed by atoms with Crippen LogP contribution in [0.1, 0.15) is 4.88 Å². The fraction of sp³-hybridized carbons (Fsp3) is 0.333. The predicted molar refractivity (Wildman–Crippen MR) is 35.1 cm³/mol. The average molecular weight is 146 g/mol. The lowest BCUT2D eigenvalue weighted by Gasteiger charge is -1.85. The zero-order valence-corrected chi connectivity index (χ0v) is 5.62. The van der Waals surface area contributed by atoms with Crippen LogP contribution in [-0.4, -0.2) is 11.7 Å². The number of hydrogen-bond donors (Lipinski definition) is 1. The van der Waals surface area contributed by atoms with E-state index in [0.29, 0.717) is 6.42 Å². The molecule has 0 spiro atoms. The van der Waals surface area contributed by atoms with Crippen molar-refractivity contribution in [1.82, 2.24) is 0 Å². The molecule has 0 radical (unpaired) electrons. The molecular weight excluding hydrogens is 139 g/mol. The van der Waals surface area contributed by atoms with E-state index in [2.05, 4.69) is 0 Å². The van der Waals surface area contributed by atoms with Gasteiger partial charge in [0.1, 0.15) is 5.82 Å². The van der Waals surface area contributed by atoms with Gasteiger partial charge in [0.25, 0.3) is 0 Å². The van der Waals surface area contributed by atoms with Gasteiger partial charge in [-0.3, -0.25) is 0 Å². The van der Waals surface area contributed by atoms with Gasteiger partial charge in [-0.2, -0.15) is 0 Å². The average Bonchev–Trinajstić information content (AvgIpc) is 2.17. The van der Waals surface area contributed by atoms with E-state index in [-0.39, 0.29) is 12.4 Å². The lowest BCUT2D eigenvalue weighted by molar-refractivity contribution is 0.300. The first-order valence-corrected chi connectivity index (χ1v) is 3.54. The van der Waals surface area contributed by atoms with Crippen LogP contribution in [-0.2, 0) is 6.42 Å². The fourth-order valence-electron chi connectivity index (χ4n) is 0.595. The van der Waals surface area contributed by atoms with Crippen LogP contribution < -0.4 is 0 Å². The van der Waals surface area contributed by atoms with Crippen molar-refractivity contribution >= 4 is 11.3 Å². The predicted octanol–water partition coefficient (Wildman–Crippen LogP) is 1.42. The van der Waals surface area contributed by atoms with E-state index in [1.807, 2.05) is 0 Å². The standard InChI is InChI=1S/C6H7FOS/c7-5-3-6(1-2-8)9-4-5/h3-4,8H,1-2H2. The van der Waals surface area contributed by atoms with Gasteiger partial charge < -0.3 is 5.11 Å². The fourth-order valence-corrected chi connectivity index (χ4v) is 1.32. The number of thiophene rings is 1. The van der Waals surface area contributed by atoms with Crippen molar-refractivity contribution < 1.29 is 9.50 Å². The van der Waals surface area contributed by atoms with E-state index in [4.69, 9.17) is 5.11 Å². The van der Waals surface area contributed by atoms with Crippen LogP contribution in [0.4, 0.5) is 4.39 Å². The highest BCUT2D eigenvalue weighted by atomic mass is 32.1. The Morgan fingerprint density at radius 1 is 1.67 bits per heavy atom. The van der Waals surface area contributed by atoms with E-state index in [9.17, 15) is 4.39 Å². The monoisotopic (exact) mass is 146 g/mol. The van der Waals surface area contributed by atoms with Crippen LogP contribution in [0.15, 0.2) is 11.4 Å². The summed E-state index contributed by atoms with van der Waals surface area (Å²) in [5, 5.41) is 9.85. The Labute approximate surface area is 56.8 Å². The topological polar surface area (TPSA) is 20.2 Å². The molecular formula is C6H7FOS. The van der Waals surface area contributed by atoms with Gasteiger partial charge in [-0.1, -0.05) is 0 Å². The molecule has 0 saturated heterocycles. The van der Waals surface area contributed by atoms with E-state index >= 15 is 0 Å². The zero-order chi connectivity index (χ0) is 6.69. The SMILES string of the molecule is OCCc1cc(F)cs1. The molecule has 1 rings (SSSR count). The highest BCUT2D eigenvalue weighted by Gasteiger charge is 1.95. The van der Waals surface area contributed by atoms with E-state index in [1.54, 1.807) is 0 Å². The maximum Gasteiger partial charge on any atom is 0.134 e. The molecule has 0 aromatic carbocycles. The molecule has 0 aliphatic heterocycles. The normalized spacial score (nSPS) is 10.0. The number of aliphatic hydroxyl groups excluding tert-OH is 1. The van der Waals surface area contributed by atoms with E-state index < -0.39 is 0 Å². The molecule has 1 heterocycles. The first-order valence-electron chi connectivity index (χ1n) is 2.66. The second-order valence-electron chi connectivity index (χ2n) is 1.70. The maximum atomic E-state index is 12.2. The summed E-state index contributed by atoms with van der Waals surface area (Å²) in [6.07, 6.45) is 0.564. The molecule has 0 aliphatic carbocycles. The van der Waals surface area contributed by atoms with Gasteiger partial charge in [0.15, 0.2) is 0 Å². The van der Waals surface area contributed by atoms with Gasteiger partial charge in [-0.15, -0.1) is 11.3 Å². The molecule has 0 bridgehead atoms. The molecule has 1 aromatic heterocycles. The molecule has 50 valence electrons. The third-order valence-corrected chi connectivity index (χ3v) is 1.95. The molecule has 1 nitrogen and oxygen atoms in total. The molecule has 0 saturated carbocycles. The Bertz CT molecular complexity index is 185. The van der Waals surface area contributed by atoms with Crippen molar-refractivity contribution in [1.29, 1.82) is 0 Å². The summed E-state index contributed by atoms with van der Waals surface area (Å²) >= 11 is 1.34. The number of hydrogen-bond acceptors (Lipinski definition) is 2. The second kappa shape index (κ2) is 2.94. The second-order valence-corrected chi connectivity index (χ2v) is 2.70. The van der Waals surface area contributed by atoms with E-state index in [1.165, 1.54) is 22.8 Å². The van der Waals surface area contributed by atoms with Crippen molar-refractivity contribution in [3.05, 3.63) is 22.1 Å². The third kappa shape index (κ3) is 1.77. The summed E-state index contributed by atoms with van der Waals surface area (Å²) in [4.78, 5) is 0.898. The molecule has 0 aliphatic rings. The first-order chi connectivity index (χ1) is 4.33. The Kier molecular flexibility index (Phi) is 2.19. The summed E-state index contributed by atoms with van der Waals surface area (Å²) in [5.74, 6) is -0.205. The van der Waals surface area contributed by atoms with Crippen LogP contribution in [0.25, 0.3) is 0 Å². The van der Waals surface area contributed by atoms with Crippen LogP contribution in [0.3, 0.4) is 0 Å². The molecule has 1 N–H and O–H groups in total. The lowest BCUT2D eigenvalue weighted by Crippen LogP contribution is -1.84. The minimum Gasteiger partial charge on any atom is -0.396 e. The van der Waals surface area contributed by atoms with Crippen molar-refractivity contribution in [2.75, 3.05) is 6.61 Å². The van der Waals surface area contributed by atoms with Gasteiger partial charge in [0, 0.05) is 23.3 Å². The highest BCUT2D eigenvalue weighted by molar-refractivity contribution is 7.09. The zero-order valence-electron chi connectivity index (χ0n) is 4.80. The molecule has 1 aromatic rings. The molecule has 0 fully saturated rings. The summed E-state index contributed by atoms with van der Waals surface area (Å²) in [7, 11) is 0. The molecule has 3 heteroatoms. The van der Waals surface area contributed by atoms with Gasteiger partial charge in [-0.05, 0) is 6.07 Å². The lowest BCUT2D eigenvalue weighted by atomic mass is 10.4. The number of aliphatic hydroxyl groups is 1. The van der Waals surface area contributed by atoms with Crippen molar-refractivity contribution in [3.8, 4) is 0 Å². The van der Waals surface area contributed by atoms with Crippen molar-refractivity contribution in [2.24, 2.45) is 0 Å². The van der Waals surface area contributed by atoms with Crippen LogP contribution in [0.2, 0.25) is 0 Å². The highest BCUT2D eigenvalue weighted by Crippen LogP contribution is 2.12. The Hall–Kier alpha value is -0.410. The van der Waals surface area contributed by atoms with Crippen LogP contribution >= 0.6 is 11.3 Å². The van der Waals surface area contributed by atoms with Crippen LogP contribution in [0.5, 0.6) is 0 Å². The van der Waals surface area contributed by atoms with Gasteiger partial charge >= 0.3 is 0 Å². The summed E-state index contributed by atoms with van der Waals surface area (Å²) < 4.78 is 12.2. The first kappa shape index (κ1) is 6.71. The minimum atomic E-state index is -0.205. The quantitative estimate of drug-likeness (QED) is 0.669. The summed E-state index contributed by atoms with van der Waals surface area (Å²) in [6, 6.07) is 1.45. The van der Waals surface area contributed by atoms with Crippen molar-refractivity contribution in [3.63, 3.8) is 0 Å². The largest absolute Gasteiger partial charge is 0.396 e. The Balaban J connectivity index is 2.61. The third-order valence-electron chi connectivity index (χ3n) is 0.980. The Morgan fingerprint density at radius 2 is 2.44 bits per heavy atom. The molecule has 0 amide bonds. The minimum absolute atomic E-state index is 0.0972. The molecule has 9 heavy (non-hydrogen) atoms. The van der Waals surface area contributed by atoms with Gasteiger partial charge in [0.05, 0.1) is 0 Å². The van der Waals surface area contributed by atoms with Gasteiger partial charge in [0.2, 0.25) is 0 Å². The summed E-state index contributed by atoms with van der Waals surface area (Å²) in [6.45, 7) is 0.0972. The molecule has 0 atom stereocenters. The molecule has 0 unspecified atom stereocenters. The van der Waals surface area contributed by atoms with Gasteiger partial charge in [-0.25, -0.2) is 4.39 Å². The number of halogens is 1. The van der Waals surface area contributed by atoms with E-state index in [0.717, 1.165) is 4.88 Å². The number of rotatable bonds is 2.